The van der Waals surface area contributed by atoms with E-state index in [1.165, 1.54) is 31.4 Å². The van der Waals surface area contributed by atoms with E-state index in [-0.39, 0.29) is 33.7 Å². The minimum atomic E-state index is -3.95. The molecule has 174 valence electrons. The van der Waals surface area contributed by atoms with E-state index in [0.717, 1.165) is 9.87 Å². The van der Waals surface area contributed by atoms with Gasteiger partial charge in [0.1, 0.15) is 16.6 Å². The van der Waals surface area contributed by atoms with Gasteiger partial charge in [0.15, 0.2) is 5.76 Å². The number of carbonyl (C=O) groups excluding carboxylic acids is 1. The molecule has 4 rings (SSSR count). The van der Waals surface area contributed by atoms with Gasteiger partial charge in [0.25, 0.3) is 0 Å². The highest BCUT2D eigenvalue weighted by Gasteiger charge is 2.44. The third-order valence-corrected chi connectivity index (χ3v) is 9.98. The van der Waals surface area contributed by atoms with Crippen molar-refractivity contribution in [3.8, 4) is 0 Å². The predicted octanol–water partition coefficient (Wildman–Crippen LogP) is 1.28. The lowest BCUT2D eigenvalue weighted by atomic mass is 10.1. The van der Waals surface area contributed by atoms with Gasteiger partial charge in [-0.25, -0.2) is 21.1 Å². The number of amides is 1. The Balaban J connectivity index is 1.64. The molecule has 1 aromatic carbocycles. The summed E-state index contributed by atoms with van der Waals surface area (Å²) in [7, 11) is -4.60. The summed E-state index contributed by atoms with van der Waals surface area (Å²) < 4.78 is 58.9. The van der Waals surface area contributed by atoms with Crippen LogP contribution in [0.3, 0.4) is 0 Å². The van der Waals surface area contributed by atoms with Crippen LogP contribution in [0, 0.1) is 13.8 Å². The number of hydrogen-bond acceptors (Lipinski definition) is 7. The molecule has 12 heteroatoms. The maximum Gasteiger partial charge on any atom is 0.249 e. The van der Waals surface area contributed by atoms with Crippen LogP contribution in [0.1, 0.15) is 29.9 Å². The normalized spacial score (nSPS) is 19.7. The average molecular weight is 483 g/mol. The maximum atomic E-state index is 13.5. The van der Waals surface area contributed by atoms with E-state index in [9.17, 15) is 21.6 Å². The molecule has 1 aromatic heterocycles. The highest BCUT2D eigenvalue weighted by molar-refractivity contribution is 7.89. The Morgan fingerprint density at radius 3 is 2.50 bits per heavy atom. The third-order valence-electron chi connectivity index (χ3n) is 6.01. The van der Waals surface area contributed by atoms with Gasteiger partial charge in [0.2, 0.25) is 26.0 Å². The molecule has 0 aliphatic carbocycles. The largest absolute Gasteiger partial charge is 0.360 e. The van der Waals surface area contributed by atoms with Crippen LogP contribution in [0.2, 0.25) is 0 Å². The standard InChI is InChI=1S/C20H26N4O6S2/c1-13-19(14(2)30-21-13)32(28,29)24-10-5-6-18(24)20(25)23-11-9-15-12-16(7-8-17(15)23)31(26,27)22(3)4/h7-8,12,18H,5-6,9-11H2,1-4H3. The zero-order valence-electron chi connectivity index (χ0n) is 18.4. The molecule has 2 aromatic rings. The summed E-state index contributed by atoms with van der Waals surface area (Å²) in [5.41, 5.74) is 1.63. The summed E-state index contributed by atoms with van der Waals surface area (Å²) in [6.07, 6.45) is 1.49. The van der Waals surface area contributed by atoms with Gasteiger partial charge in [-0.05, 0) is 56.9 Å². The van der Waals surface area contributed by atoms with Gasteiger partial charge >= 0.3 is 0 Å². The molecule has 1 saturated heterocycles. The topological polar surface area (TPSA) is 121 Å². The number of fused-ring (bicyclic) bond motifs is 1. The van der Waals surface area contributed by atoms with E-state index in [1.54, 1.807) is 24.0 Å². The predicted molar refractivity (Wildman–Crippen MR) is 116 cm³/mol. The van der Waals surface area contributed by atoms with Gasteiger partial charge < -0.3 is 9.42 Å². The van der Waals surface area contributed by atoms with E-state index in [2.05, 4.69) is 5.16 Å². The second-order valence-electron chi connectivity index (χ2n) is 8.24. The number of aromatic nitrogens is 1. The molecule has 2 aliphatic heterocycles. The minimum Gasteiger partial charge on any atom is -0.360 e. The minimum absolute atomic E-state index is 0.0116. The molecule has 3 heterocycles. The van der Waals surface area contributed by atoms with Crippen LogP contribution in [0.15, 0.2) is 32.5 Å². The lowest BCUT2D eigenvalue weighted by molar-refractivity contribution is -0.121. The Bertz CT molecular complexity index is 1260. The second kappa shape index (κ2) is 7.94. The Morgan fingerprint density at radius 2 is 1.88 bits per heavy atom. The fourth-order valence-electron chi connectivity index (χ4n) is 4.39. The molecule has 0 spiro atoms. The van der Waals surface area contributed by atoms with E-state index >= 15 is 0 Å². The van der Waals surface area contributed by atoms with Gasteiger partial charge in [0.05, 0.1) is 4.90 Å². The number of aryl methyl sites for hydroxylation is 2. The second-order valence-corrected chi connectivity index (χ2v) is 12.2. The van der Waals surface area contributed by atoms with Crippen molar-refractivity contribution in [3.05, 3.63) is 35.2 Å². The molecule has 2 aliphatic rings. The van der Waals surface area contributed by atoms with Crippen LogP contribution in [-0.2, 0) is 31.3 Å². The molecule has 0 saturated carbocycles. The Hall–Kier alpha value is -2.28. The van der Waals surface area contributed by atoms with Crippen molar-refractivity contribution in [2.24, 2.45) is 0 Å². The summed E-state index contributed by atoms with van der Waals surface area (Å²) in [5.74, 6) is -0.110. The van der Waals surface area contributed by atoms with Gasteiger partial charge in [-0.2, -0.15) is 4.31 Å². The Kier molecular flexibility index (Phi) is 5.68. The summed E-state index contributed by atoms with van der Waals surface area (Å²) >= 11 is 0. The molecule has 0 N–H and O–H groups in total. The van der Waals surface area contributed by atoms with E-state index < -0.39 is 26.1 Å². The van der Waals surface area contributed by atoms with Crippen molar-refractivity contribution in [3.63, 3.8) is 0 Å². The number of benzene rings is 1. The van der Waals surface area contributed by atoms with Crippen molar-refractivity contribution in [2.45, 2.75) is 48.9 Å². The first-order valence-corrected chi connectivity index (χ1v) is 13.2. The number of hydrogen-bond donors (Lipinski definition) is 0. The van der Waals surface area contributed by atoms with Crippen LogP contribution < -0.4 is 4.90 Å². The van der Waals surface area contributed by atoms with Gasteiger partial charge in [-0.1, -0.05) is 5.16 Å². The molecule has 0 bridgehead atoms. The number of sulfonamides is 2. The van der Waals surface area contributed by atoms with Crippen molar-refractivity contribution in [1.82, 2.24) is 13.8 Å². The highest BCUT2D eigenvalue weighted by atomic mass is 32.2. The monoisotopic (exact) mass is 482 g/mol. The van der Waals surface area contributed by atoms with Crippen molar-refractivity contribution in [1.29, 1.82) is 0 Å². The zero-order chi connectivity index (χ0) is 23.4. The van der Waals surface area contributed by atoms with Crippen molar-refractivity contribution >= 4 is 31.6 Å². The lowest BCUT2D eigenvalue weighted by Crippen LogP contribution is -2.47. The molecule has 0 radical (unpaired) electrons. The third kappa shape index (κ3) is 3.54. The molecule has 32 heavy (non-hydrogen) atoms. The van der Waals surface area contributed by atoms with Crippen molar-refractivity contribution < 1.29 is 26.2 Å². The average Bonchev–Trinajstić information content (AvgIpc) is 3.45. The van der Waals surface area contributed by atoms with Crippen LogP contribution in [0.25, 0.3) is 0 Å². The van der Waals surface area contributed by atoms with E-state index in [1.807, 2.05) is 0 Å². The van der Waals surface area contributed by atoms with Gasteiger partial charge in [-0.15, -0.1) is 0 Å². The highest BCUT2D eigenvalue weighted by Crippen LogP contribution is 2.35. The summed E-state index contributed by atoms with van der Waals surface area (Å²) in [6, 6.07) is 3.86. The first-order chi connectivity index (χ1) is 15.0. The van der Waals surface area contributed by atoms with Crippen LogP contribution in [-0.4, -0.2) is 69.7 Å². The Labute approximate surface area is 187 Å². The SMILES string of the molecule is Cc1noc(C)c1S(=O)(=O)N1CCCC1C(=O)N1CCc2cc(S(=O)(=O)N(C)C)ccc21. The van der Waals surface area contributed by atoms with Crippen molar-refractivity contribution in [2.75, 3.05) is 32.1 Å². The lowest BCUT2D eigenvalue weighted by Gasteiger charge is -2.27. The Morgan fingerprint density at radius 1 is 1.16 bits per heavy atom. The van der Waals surface area contributed by atoms with Crippen LogP contribution in [0.4, 0.5) is 5.69 Å². The summed E-state index contributed by atoms with van der Waals surface area (Å²) in [5, 5.41) is 3.74. The van der Waals surface area contributed by atoms with Gasteiger partial charge in [-0.3, -0.25) is 4.79 Å². The zero-order valence-corrected chi connectivity index (χ0v) is 20.0. The van der Waals surface area contributed by atoms with E-state index in [0.29, 0.717) is 31.5 Å². The maximum absolute atomic E-state index is 13.5. The smallest absolute Gasteiger partial charge is 0.249 e. The molecular formula is C20H26N4O6S2. The van der Waals surface area contributed by atoms with Gasteiger partial charge in [0, 0.05) is 32.9 Å². The first-order valence-electron chi connectivity index (χ1n) is 10.3. The quantitative estimate of drug-likeness (QED) is 0.629. The summed E-state index contributed by atoms with van der Waals surface area (Å²) in [6.45, 7) is 3.71. The fraction of sp³-hybridized carbons (Fsp3) is 0.500. The molecule has 10 nitrogen and oxygen atoms in total. The number of anilines is 1. The molecule has 1 fully saturated rings. The van der Waals surface area contributed by atoms with Crippen LogP contribution >= 0.6 is 0 Å². The first kappa shape index (κ1) is 22.9. The molecule has 1 atom stereocenters. The van der Waals surface area contributed by atoms with E-state index in [4.69, 9.17) is 4.52 Å². The number of rotatable bonds is 5. The fourth-order valence-corrected chi connectivity index (χ4v) is 7.29. The summed E-state index contributed by atoms with van der Waals surface area (Å²) in [4.78, 5) is 15.2. The number of carbonyl (C=O) groups is 1. The molecular weight excluding hydrogens is 456 g/mol. The molecule has 1 amide bonds. The number of nitrogens with zero attached hydrogens (tertiary/aromatic N) is 4. The molecule has 1 unspecified atom stereocenters. The van der Waals surface area contributed by atoms with Crippen LogP contribution in [0.5, 0.6) is 0 Å².